The van der Waals surface area contributed by atoms with Gasteiger partial charge >= 0.3 is 0 Å². The van der Waals surface area contributed by atoms with E-state index in [-0.39, 0.29) is 0 Å². The monoisotopic (exact) mass is 182 g/mol. The molecule has 13 heavy (non-hydrogen) atoms. The molecule has 2 atom stereocenters. The molecule has 74 valence electrons. The lowest BCUT2D eigenvalue weighted by molar-refractivity contribution is -0.218. The Morgan fingerprint density at radius 3 is 2.00 bits per heavy atom. The Morgan fingerprint density at radius 2 is 1.54 bits per heavy atom. The van der Waals surface area contributed by atoms with Crippen molar-refractivity contribution in [2.24, 2.45) is 17.8 Å². The highest BCUT2D eigenvalue weighted by Crippen LogP contribution is 2.59. The molecule has 0 heterocycles. The van der Waals surface area contributed by atoms with Gasteiger partial charge in [0.1, 0.15) is 0 Å². The molecule has 0 amide bonds. The van der Waals surface area contributed by atoms with Crippen LogP contribution in [0, 0.1) is 17.8 Å². The Balaban J connectivity index is 1.99. The fourth-order valence-corrected chi connectivity index (χ4v) is 4.16. The minimum atomic E-state index is -0.483. The Hall–Kier alpha value is -0.0800. The van der Waals surface area contributed by atoms with Crippen molar-refractivity contribution in [1.82, 2.24) is 0 Å². The van der Waals surface area contributed by atoms with Crippen molar-refractivity contribution in [3.05, 3.63) is 0 Å². The second-order valence-corrected chi connectivity index (χ2v) is 5.79. The van der Waals surface area contributed by atoms with E-state index in [0.29, 0.717) is 17.8 Å². The van der Waals surface area contributed by atoms with Crippen LogP contribution in [0.1, 0.15) is 39.0 Å². The molecule has 0 unspecified atom stereocenters. The third-order valence-electron chi connectivity index (χ3n) is 4.81. The third kappa shape index (κ3) is 0.962. The first-order valence-corrected chi connectivity index (χ1v) is 5.44. The van der Waals surface area contributed by atoms with Gasteiger partial charge in [-0.05, 0) is 56.8 Å². The van der Waals surface area contributed by atoms with E-state index >= 15 is 0 Å². The quantitative estimate of drug-likeness (QED) is 0.593. The molecule has 0 aromatic carbocycles. The number of hydrogen-bond acceptors (Lipinski definition) is 2. The molecule has 4 aliphatic carbocycles. The van der Waals surface area contributed by atoms with Crippen molar-refractivity contribution >= 4 is 0 Å². The molecule has 4 aliphatic rings. The van der Waals surface area contributed by atoms with E-state index in [4.69, 9.17) is 0 Å². The molecule has 4 fully saturated rings. The Kier molecular flexibility index (Phi) is 1.34. The highest BCUT2D eigenvalue weighted by molar-refractivity contribution is 5.10. The van der Waals surface area contributed by atoms with Crippen LogP contribution in [0.25, 0.3) is 0 Å². The molecule has 2 nitrogen and oxygen atoms in total. The summed E-state index contributed by atoms with van der Waals surface area (Å²) in [5.41, 5.74) is -0.887. The summed E-state index contributed by atoms with van der Waals surface area (Å²) in [7, 11) is 0. The topological polar surface area (TPSA) is 40.5 Å². The molecule has 0 aromatic heterocycles. The predicted molar refractivity (Wildman–Crippen MR) is 49.1 cm³/mol. The van der Waals surface area contributed by atoms with Gasteiger partial charge in [0.05, 0.1) is 11.2 Å². The van der Waals surface area contributed by atoms with Crippen LogP contribution >= 0.6 is 0 Å². The van der Waals surface area contributed by atoms with Crippen LogP contribution in [0.4, 0.5) is 0 Å². The fraction of sp³-hybridized carbons (Fsp3) is 1.00. The minimum absolute atomic E-state index is 0.365. The molecule has 0 spiro atoms. The first-order chi connectivity index (χ1) is 6.00. The SMILES string of the molecule is CC1(O)[C@@H]2CC3C[C@@H]1CC(O)(C3)C2. The minimum Gasteiger partial charge on any atom is -0.390 e. The van der Waals surface area contributed by atoms with Crippen LogP contribution in [0.15, 0.2) is 0 Å². The van der Waals surface area contributed by atoms with Crippen molar-refractivity contribution in [2.75, 3.05) is 0 Å². The third-order valence-corrected chi connectivity index (χ3v) is 4.81. The molecule has 2 heteroatoms. The Morgan fingerprint density at radius 1 is 1.00 bits per heavy atom. The van der Waals surface area contributed by atoms with Gasteiger partial charge in [-0.2, -0.15) is 0 Å². The Labute approximate surface area is 79.0 Å². The lowest BCUT2D eigenvalue weighted by Crippen LogP contribution is -2.62. The summed E-state index contributed by atoms with van der Waals surface area (Å²) >= 11 is 0. The molecule has 4 saturated carbocycles. The normalized spacial score (nSPS) is 64.4. The van der Waals surface area contributed by atoms with E-state index in [0.717, 1.165) is 32.1 Å². The molecule has 0 aromatic rings. The molecule has 0 aliphatic heterocycles. The standard InChI is InChI=1S/C11H18O2/c1-10(12)8-2-7-3-9(10)6-11(13,4-7)5-8/h7-9,12-13H,2-6H2,1H3/t7?,8-,9-,10?,11?/m1/s1. The molecule has 4 bridgehead atoms. The maximum atomic E-state index is 10.3. The van der Waals surface area contributed by atoms with Crippen molar-refractivity contribution in [2.45, 2.75) is 50.2 Å². The van der Waals surface area contributed by atoms with Gasteiger partial charge in [-0.25, -0.2) is 0 Å². The first kappa shape index (κ1) is 8.25. The molecule has 0 saturated heterocycles. The molecular formula is C11H18O2. The predicted octanol–water partition coefficient (Wildman–Crippen LogP) is 1.31. The van der Waals surface area contributed by atoms with E-state index < -0.39 is 11.2 Å². The number of hydrogen-bond donors (Lipinski definition) is 2. The average Bonchev–Trinajstić information content (AvgIpc) is 1.97. The van der Waals surface area contributed by atoms with Gasteiger partial charge in [0.25, 0.3) is 0 Å². The molecular weight excluding hydrogens is 164 g/mol. The smallest absolute Gasteiger partial charge is 0.0678 e. The largest absolute Gasteiger partial charge is 0.390 e. The van der Waals surface area contributed by atoms with Gasteiger partial charge in [0, 0.05) is 0 Å². The zero-order valence-electron chi connectivity index (χ0n) is 8.16. The van der Waals surface area contributed by atoms with Gasteiger partial charge in [-0.15, -0.1) is 0 Å². The van der Waals surface area contributed by atoms with Crippen molar-refractivity contribution in [3.8, 4) is 0 Å². The van der Waals surface area contributed by atoms with Gasteiger partial charge in [0.2, 0.25) is 0 Å². The summed E-state index contributed by atoms with van der Waals surface area (Å²) in [4.78, 5) is 0. The van der Waals surface area contributed by atoms with E-state index in [9.17, 15) is 10.2 Å². The van der Waals surface area contributed by atoms with E-state index in [2.05, 4.69) is 0 Å². The number of rotatable bonds is 0. The van der Waals surface area contributed by atoms with Crippen molar-refractivity contribution in [3.63, 3.8) is 0 Å². The summed E-state index contributed by atoms with van der Waals surface area (Å²) in [6, 6.07) is 0. The van der Waals surface area contributed by atoms with Crippen LogP contribution in [0.5, 0.6) is 0 Å². The van der Waals surface area contributed by atoms with Gasteiger partial charge in [-0.3, -0.25) is 0 Å². The summed E-state index contributed by atoms with van der Waals surface area (Å²) in [6.45, 7) is 1.98. The summed E-state index contributed by atoms with van der Waals surface area (Å²) in [5.74, 6) is 1.43. The molecule has 4 rings (SSSR count). The molecule has 0 radical (unpaired) electrons. The number of aliphatic hydroxyl groups is 2. The zero-order valence-corrected chi connectivity index (χ0v) is 8.16. The van der Waals surface area contributed by atoms with Gasteiger partial charge in [0.15, 0.2) is 0 Å². The Bertz CT molecular complexity index is 228. The van der Waals surface area contributed by atoms with Gasteiger partial charge < -0.3 is 10.2 Å². The van der Waals surface area contributed by atoms with Gasteiger partial charge in [-0.1, -0.05) is 0 Å². The van der Waals surface area contributed by atoms with Crippen LogP contribution in [0.3, 0.4) is 0 Å². The first-order valence-electron chi connectivity index (χ1n) is 5.44. The average molecular weight is 182 g/mol. The van der Waals surface area contributed by atoms with E-state index in [1.807, 2.05) is 6.92 Å². The fourth-order valence-electron chi connectivity index (χ4n) is 4.16. The second kappa shape index (κ2) is 2.12. The van der Waals surface area contributed by atoms with Crippen molar-refractivity contribution < 1.29 is 10.2 Å². The second-order valence-electron chi connectivity index (χ2n) is 5.79. The van der Waals surface area contributed by atoms with Crippen LogP contribution in [-0.2, 0) is 0 Å². The van der Waals surface area contributed by atoms with Crippen LogP contribution < -0.4 is 0 Å². The van der Waals surface area contributed by atoms with Crippen molar-refractivity contribution in [1.29, 1.82) is 0 Å². The zero-order chi connectivity index (χ0) is 9.27. The highest BCUT2D eigenvalue weighted by Gasteiger charge is 2.59. The summed E-state index contributed by atoms with van der Waals surface area (Å²) < 4.78 is 0. The molecule has 2 N–H and O–H groups in total. The maximum Gasteiger partial charge on any atom is 0.0678 e. The summed E-state index contributed by atoms with van der Waals surface area (Å²) in [6.07, 6.45) is 4.97. The maximum absolute atomic E-state index is 10.3. The van der Waals surface area contributed by atoms with Crippen LogP contribution in [-0.4, -0.2) is 21.4 Å². The lowest BCUT2D eigenvalue weighted by atomic mass is 9.49. The highest BCUT2D eigenvalue weighted by atomic mass is 16.3. The summed E-state index contributed by atoms with van der Waals surface area (Å²) in [5, 5.41) is 20.5. The van der Waals surface area contributed by atoms with E-state index in [1.165, 1.54) is 0 Å². The van der Waals surface area contributed by atoms with Crippen LogP contribution in [0.2, 0.25) is 0 Å². The lowest BCUT2D eigenvalue weighted by Gasteiger charge is -2.60. The van der Waals surface area contributed by atoms with E-state index in [1.54, 1.807) is 0 Å².